The molecule has 2 aliphatic rings. The number of hydrogen-bond donors (Lipinski definition) is 1. The van der Waals surface area contributed by atoms with Crippen LogP contribution in [0.25, 0.3) is 0 Å². The van der Waals surface area contributed by atoms with E-state index in [0.29, 0.717) is 0 Å². The van der Waals surface area contributed by atoms with Crippen LogP contribution in [0.15, 0.2) is 0 Å². The zero-order chi connectivity index (χ0) is 7.73. The van der Waals surface area contributed by atoms with Crippen molar-refractivity contribution in [2.75, 3.05) is 13.1 Å². The molecule has 11 heavy (non-hydrogen) atoms. The summed E-state index contributed by atoms with van der Waals surface area (Å²) in [5.41, 5.74) is 0.758. The molecule has 1 heterocycles. The lowest BCUT2D eigenvalue weighted by Gasteiger charge is -2.42. The Balaban J connectivity index is 1.97. The van der Waals surface area contributed by atoms with Crippen molar-refractivity contribution in [3.05, 3.63) is 7.05 Å². The van der Waals surface area contributed by atoms with Crippen LogP contribution in [-0.2, 0) is 0 Å². The second-order valence-corrected chi connectivity index (χ2v) is 4.49. The lowest BCUT2D eigenvalue weighted by atomic mass is 9.66. The summed E-state index contributed by atoms with van der Waals surface area (Å²) in [6, 6.07) is 0. The Kier molecular flexibility index (Phi) is 1.92. The van der Waals surface area contributed by atoms with E-state index in [4.69, 9.17) is 0 Å². The number of rotatable bonds is 0. The normalized spacial score (nSPS) is 36.3. The van der Waals surface area contributed by atoms with Gasteiger partial charge in [0.25, 0.3) is 0 Å². The van der Waals surface area contributed by atoms with Gasteiger partial charge in [-0.1, -0.05) is 6.42 Å². The molecule has 64 valence electrons. The van der Waals surface area contributed by atoms with Crippen LogP contribution in [0.4, 0.5) is 0 Å². The summed E-state index contributed by atoms with van der Waals surface area (Å²) < 4.78 is 0. The molecule has 1 unspecified atom stereocenters. The van der Waals surface area contributed by atoms with Crippen molar-refractivity contribution in [1.29, 1.82) is 0 Å². The summed E-state index contributed by atoms with van der Waals surface area (Å²) in [6.07, 6.45) is 8.82. The molecule has 1 heteroatoms. The van der Waals surface area contributed by atoms with Crippen molar-refractivity contribution in [3.63, 3.8) is 0 Å². The van der Waals surface area contributed by atoms with E-state index in [-0.39, 0.29) is 0 Å². The predicted octanol–water partition coefficient (Wildman–Crippen LogP) is 1.02. The van der Waals surface area contributed by atoms with Crippen molar-refractivity contribution < 1.29 is 4.90 Å². The molecule has 1 nitrogen and oxygen atoms in total. The van der Waals surface area contributed by atoms with Gasteiger partial charge in [-0.25, -0.2) is 0 Å². The van der Waals surface area contributed by atoms with Crippen LogP contribution in [0.5, 0.6) is 0 Å². The van der Waals surface area contributed by atoms with Gasteiger partial charge in [0.1, 0.15) is 0 Å². The molecule has 1 atom stereocenters. The summed E-state index contributed by atoms with van der Waals surface area (Å²) in [4.78, 5) is 1.53. The highest BCUT2D eigenvalue weighted by atomic mass is 15.1. The van der Waals surface area contributed by atoms with E-state index < -0.39 is 0 Å². The van der Waals surface area contributed by atoms with Gasteiger partial charge in [-0.2, -0.15) is 7.05 Å². The van der Waals surface area contributed by atoms with Crippen LogP contribution in [0.1, 0.15) is 38.5 Å². The first-order valence-electron chi connectivity index (χ1n) is 4.97. The van der Waals surface area contributed by atoms with Gasteiger partial charge in [0.15, 0.2) is 0 Å². The summed E-state index contributed by atoms with van der Waals surface area (Å²) in [5, 5.41) is 0. The molecular weight excluding hydrogens is 134 g/mol. The number of nitrogens with one attached hydrogen (secondary N) is 1. The van der Waals surface area contributed by atoms with Gasteiger partial charge < -0.3 is 4.90 Å². The maximum atomic E-state index is 4.15. The van der Waals surface area contributed by atoms with E-state index >= 15 is 0 Å². The second kappa shape index (κ2) is 2.78. The third-order valence-corrected chi connectivity index (χ3v) is 3.53. The Bertz CT molecular complexity index is 138. The molecule has 1 aliphatic carbocycles. The molecule has 0 radical (unpaired) electrons. The fourth-order valence-electron chi connectivity index (χ4n) is 2.69. The van der Waals surface area contributed by atoms with Crippen molar-refractivity contribution in [2.45, 2.75) is 38.5 Å². The van der Waals surface area contributed by atoms with Crippen LogP contribution in [0.3, 0.4) is 0 Å². The lowest BCUT2D eigenvalue weighted by molar-refractivity contribution is -0.861. The molecule has 2 rings (SSSR count). The minimum Gasteiger partial charge on any atom is -0.467 e. The Morgan fingerprint density at radius 2 is 1.73 bits per heavy atom. The van der Waals surface area contributed by atoms with Crippen LogP contribution < -0.4 is 4.90 Å². The summed E-state index contributed by atoms with van der Waals surface area (Å²) in [5.74, 6) is 0. The first-order valence-corrected chi connectivity index (χ1v) is 4.97. The Morgan fingerprint density at radius 3 is 2.36 bits per heavy atom. The first kappa shape index (κ1) is 7.60. The minimum absolute atomic E-state index is 0.758. The number of likely N-dealkylation sites (tertiary alicyclic amines) is 1. The highest BCUT2D eigenvalue weighted by Crippen LogP contribution is 2.44. The third-order valence-electron chi connectivity index (χ3n) is 3.53. The Hall–Kier alpha value is -0.0400. The maximum Gasteiger partial charge on any atom is 0.0587 e. The molecular formula is C10H19N. The molecule has 1 N–H and O–H groups in total. The Morgan fingerprint density at radius 1 is 1.00 bits per heavy atom. The topological polar surface area (TPSA) is 4.44 Å². The average Bonchev–Trinajstić information content (AvgIpc) is 2.09. The molecule has 0 bridgehead atoms. The Labute approximate surface area is 69.8 Å². The van der Waals surface area contributed by atoms with Crippen LogP contribution in [0.2, 0.25) is 0 Å². The molecule has 2 fully saturated rings. The average molecular weight is 153 g/mol. The van der Waals surface area contributed by atoms with Crippen LogP contribution in [0, 0.1) is 12.5 Å². The van der Waals surface area contributed by atoms with Gasteiger partial charge in [0, 0.05) is 5.41 Å². The fraction of sp³-hybridized carbons (Fsp3) is 0.900. The van der Waals surface area contributed by atoms with E-state index in [1.54, 1.807) is 0 Å². The van der Waals surface area contributed by atoms with Gasteiger partial charge in [0.2, 0.25) is 0 Å². The van der Waals surface area contributed by atoms with E-state index in [2.05, 4.69) is 7.05 Å². The molecule has 0 aromatic rings. The van der Waals surface area contributed by atoms with Gasteiger partial charge in [-0.3, -0.25) is 0 Å². The van der Waals surface area contributed by atoms with Gasteiger partial charge in [-0.15, -0.1) is 0 Å². The van der Waals surface area contributed by atoms with E-state index in [0.717, 1.165) is 5.41 Å². The molecule has 0 amide bonds. The fourth-order valence-corrected chi connectivity index (χ4v) is 2.69. The van der Waals surface area contributed by atoms with Gasteiger partial charge in [-0.05, 0) is 32.1 Å². The first-order chi connectivity index (χ1) is 5.31. The monoisotopic (exact) mass is 153 g/mol. The van der Waals surface area contributed by atoms with Gasteiger partial charge >= 0.3 is 0 Å². The quantitative estimate of drug-likeness (QED) is 0.496. The minimum atomic E-state index is 0.758. The molecule has 1 spiro atoms. The van der Waals surface area contributed by atoms with Crippen molar-refractivity contribution >= 4 is 0 Å². The van der Waals surface area contributed by atoms with E-state index in [1.165, 1.54) is 56.5 Å². The lowest BCUT2D eigenvalue weighted by Crippen LogP contribution is -3.08. The molecule has 1 saturated carbocycles. The maximum absolute atomic E-state index is 4.15. The molecule has 1 aliphatic heterocycles. The van der Waals surface area contributed by atoms with Crippen molar-refractivity contribution in [3.8, 4) is 0 Å². The highest BCUT2D eigenvalue weighted by Gasteiger charge is 2.39. The predicted molar refractivity (Wildman–Crippen MR) is 46.2 cm³/mol. The molecule has 1 saturated heterocycles. The largest absolute Gasteiger partial charge is 0.467 e. The van der Waals surface area contributed by atoms with E-state index in [9.17, 15) is 0 Å². The third kappa shape index (κ3) is 1.44. The van der Waals surface area contributed by atoms with E-state index in [1.807, 2.05) is 0 Å². The van der Waals surface area contributed by atoms with Crippen LogP contribution >= 0.6 is 0 Å². The van der Waals surface area contributed by atoms with Crippen molar-refractivity contribution in [1.82, 2.24) is 0 Å². The molecule has 0 aromatic carbocycles. The summed E-state index contributed by atoms with van der Waals surface area (Å²) >= 11 is 0. The smallest absolute Gasteiger partial charge is 0.0587 e. The highest BCUT2D eigenvalue weighted by molar-refractivity contribution is 4.87. The zero-order valence-corrected chi connectivity index (χ0v) is 7.36. The SMILES string of the molecule is [CH2-][NH+]1CCCCC2(CCC2)C1. The zero-order valence-electron chi connectivity index (χ0n) is 7.36. The summed E-state index contributed by atoms with van der Waals surface area (Å²) in [7, 11) is 4.15. The standard InChI is InChI=1S/C10H19N/c1-11-8-3-2-5-10(9-11)6-4-7-10/h11H,1-9H2. The number of quaternary nitrogens is 1. The summed E-state index contributed by atoms with van der Waals surface area (Å²) in [6.45, 7) is 2.66. The van der Waals surface area contributed by atoms with Crippen molar-refractivity contribution in [2.24, 2.45) is 5.41 Å². The van der Waals surface area contributed by atoms with Crippen LogP contribution in [-0.4, -0.2) is 13.1 Å². The molecule has 0 aromatic heterocycles. The second-order valence-electron chi connectivity index (χ2n) is 4.49. The number of hydrogen-bond acceptors (Lipinski definition) is 0. The van der Waals surface area contributed by atoms with Gasteiger partial charge in [0.05, 0.1) is 13.1 Å².